The van der Waals surface area contributed by atoms with Gasteiger partial charge < -0.3 is 0 Å². The molecule has 9 heteroatoms. The average Bonchev–Trinajstić information content (AvgIpc) is 2.86. The van der Waals surface area contributed by atoms with Crippen LogP contribution in [0, 0.1) is 20.8 Å². The third-order valence-electron chi connectivity index (χ3n) is 4.17. The van der Waals surface area contributed by atoms with Crippen molar-refractivity contribution in [1.82, 2.24) is 13.5 Å². The second-order valence-electron chi connectivity index (χ2n) is 5.85. The van der Waals surface area contributed by atoms with Gasteiger partial charge in [0.2, 0.25) is 0 Å². The predicted octanol–water partition coefficient (Wildman–Crippen LogP) is 3.09. The molecule has 132 valence electrons. The average molecular weight is 369 g/mol. The van der Waals surface area contributed by atoms with Gasteiger partial charge in [-0.1, -0.05) is 0 Å². The van der Waals surface area contributed by atoms with E-state index < -0.39 is 23.1 Å². The molecule has 0 N–H and O–H groups in total. The molecular formula is C16H14F3N3O2S. The van der Waals surface area contributed by atoms with Gasteiger partial charge in [-0.25, -0.2) is 9.36 Å². The van der Waals surface area contributed by atoms with Gasteiger partial charge in [-0.3, -0.25) is 9.36 Å². The second kappa shape index (κ2) is 5.55. The number of benzene rings is 1. The molecule has 0 aliphatic heterocycles. The molecule has 0 unspecified atom stereocenters. The first kappa shape index (κ1) is 17.4. The van der Waals surface area contributed by atoms with Gasteiger partial charge in [0.1, 0.15) is 5.69 Å². The lowest BCUT2D eigenvalue weighted by atomic mass is 10.0. The number of hydrogen-bond donors (Lipinski definition) is 0. The molecule has 0 fully saturated rings. The lowest BCUT2D eigenvalue weighted by molar-refractivity contribution is -0.144. The summed E-state index contributed by atoms with van der Waals surface area (Å²) in [7, 11) is 1.00. The van der Waals surface area contributed by atoms with Crippen LogP contribution in [0.3, 0.4) is 0 Å². The zero-order chi connectivity index (χ0) is 18.7. The van der Waals surface area contributed by atoms with E-state index >= 15 is 0 Å². The van der Waals surface area contributed by atoms with Crippen molar-refractivity contribution in [1.29, 1.82) is 0 Å². The zero-order valence-corrected chi connectivity index (χ0v) is 14.7. The highest BCUT2D eigenvalue weighted by Crippen LogP contribution is 2.32. The van der Waals surface area contributed by atoms with Crippen molar-refractivity contribution in [2.24, 2.45) is 7.05 Å². The van der Waals surface area contributed by atoms with Crippen LogP contribution in [0.15, 0.2) is 21.7 Å². The molecule has 0 saturated heterocycles. The van der Waals surface area contributed by atoms with Crippen molar-refractivity contribution in [2.75, 3.05) is 0 Å². The molecule has 0 aliphatic carbocycles. The number of fused-ring (bicyclic) bond motifs is 1. The van der Waals surface area contributed by atoms with Crippen LogP contribution < -0.4 is 11.2 Å². The minimum Gasteiger partial charge on any atom is -0.292 e. The molecule has 0 amide bonds. The van der Waals surface area contributed by atoms with E-state index in [2.05, 4.69) is 4.37 Å². The quantitative estimate of drug-likeness (QED) is 0.662. The van der Waals surface area contributed by atoms with Crippen molar-refractivity contribution in [3.05, 3.63) is 55.5 Å². The highest BCUT2D eigenvalue weighted by molar-refractivity contribution is 7.13. The predicted molar refractivity (Wildman–Crippen MR) is 89.7 cm³/mol. The van der Waals surface area contributed by atoms with Crippen LogP contribution >= 0.6 is 11.5 Å². The number of alkyl halides is 3. The lowest BCUT2D eigenvalue weighted by Gasteiger charge is -2.17. The minimum absolute atomic E-state index is 0.301. The van der Waals surface area contributed by atoms with Gasteiger partial charge in [-0.05, 0) is 49.5 Å². The Hall–Kier alpha value is -2.42. The zero-order valence-electron chi connectivity index (χ0n) is 13.9. The summed E-state index contributed by atoms with van der Waals surface area (Å²) >= 11 is 1.29. The van der Waals surface area contributed by atoms with Gasteiger partial charge in [0.25, 0.3) is 5.56 Å². The minimum atomic E-state index is -4.78. The standard InChI is InChI=1S/C16H14F3N3O2S/c1-7-5-10-13(9(3)20-25-10)8(2)14(7)22-12(23)6-11(16(17,18)19)21(4)15(22)24/h5-6H,1-4H3. The normalized spacial score (nSPS) is 12.1. The van der Waals surface area contributed by atoms with Gasteiger partial charge in [0.05, 0.1) is 16.1 Å². The third-order valence-corrected chi connectivity index (χ3v) is 5.06. The molecular weight excluding hydrogens is 355 g/mol. The lowest BCUT2D eigenvalue weighted by Crippen LogP contribution is -2.41. The maximum absolute atomic E-state index is 13.0. The molecule has 5 nitrogen and oxygen atoms in total. The number of rotatable bonds is 1. The molecule has 2 heterocycles. The molecule has 0 saturated carbocycles. The summed E-state index contributed by atoms with van der Waals surface area (Å²) in [5, 5.41) is 0.805. The third kappa shape index (κ3) is 2.58. The largest absolute Gasteiger partial charge is 0.431 e. The van der Waals surface area contributed by atoms with E-state index in [1.807, 2.05) is 0 Å². The van der Waals surface area contributed by atoms with E-state index in [4.69, 9.17) is 0 Å². The van der Waals surface area contributed by atoms with E-state index in [1.54, 1.807) is 26.8 Å². The van der Waals surface area contributed by atoms with Gasteiger partial charge in [0, 0.05) is 18.5 Å². The Balaban J connectivity index is 2.45. The van der Waals surface area contributed by atoms with Crippen molar-refractivity contribution >= 4 is 21.6 Å². The molecule has 3 aromatic rings. The maximum Gasteiger partial charge on any atom is 0.431 e. The van der Waals surface area contributed by atoms with E-state index in [9.17, 15) is 22.8 Å². The molecule has 1 aromatic carbocycles. The molecule has 0 radical (unpaired) electrons. The smallest absolute Gasteiger partial charge is 0.292 e. The second-order valence-corrected chi connectivity index (χ2v) is 6.66. The fourth-order valence-electron chi connectivity index (χ4n) is 3.07. The molecule has 2 aromatic heterocycles. The Morgan fingerprint density at radius 2 is 1.76 bits per heavy atom. The summed E-state index contributed by atoms with van der Waals surface area (Å²) in [6, 6.07) is 2.23. The highest BCUT2D eigenvalue weighted by atomic mass is 32.1. The molecule has 0 atom stereocenters. The van der Waals surface area contributed by atoms with Crippen molar-refractivity contribution in [3.63, 3.8) is 0 Å². The van der Waals surface area contributed by atoms with E-state index in [0.717, 1.165) is 27.4 Å². The first-order chi connectivity index (χ1) is 11.5. The van der Waals surface area contributed by atoms with Crippen molar-refractivity contribution in [2.45, 2.75) is 26.9 Å². The first-order valence-corrected chi connectivity index (χ1v) is 8.08. The van der Waals surface area contributed by atoms with Crippen LogP contribution in [0.4, 0.5) is 13.2 Å². The van der Waals surface area contributed by atoms with Crippen LogP contribution in [0.1, 0.15) is 22.5 Å². The number of aromatic nitrogens is 3. The Bertz CT molecular complexity index is 1120. The maximum atomic E-state index is 13.0. The van der Waals surface area contributed by atoms with Crippen LogP contribution in [0.2, 0.25) is 0 Å². The number of nitrogens with zero attached hydrogens (tertiary/aromatic N) is 3. The summed E-state index contributed by atoms with van der Waals surface area (Å²) in [4.78, 5) is 24.9. The summed E-state index contributed by atoms with van der Waals surface area (Å²) in [6.07, 6.45) is -4.78. The Kier molecular flexibility index (Phi) is 3.86. The molecule has 3 rings (SSSR count). The SMILES string of the molecule is Cc1cc2snc(C)c2c(C)c1-n1c(=O)cc(C(F)(F)F)n(C)c1=O. The summed E-state index contributed by atoms with van der Waals surface area (Å²) in [6.45, 7) is 5.24. The van der Waals surface area contributed by atoms with Crippen molar-refractivity contribution < 1.29 is 13.2 Å². The van der Waals surface area contributed by atoms with Crippen LogP contribution in [0.5, 0.6) is 0 Å². The Morgan fingerprint density at radius 1 is 1.12 bits per heavy atom. The van der Waals surface area contributed by atoms with Crippen LogP contribution in [-0.2, 0) is 13.2 Å². The topological polar surface area (TPSA) is 56.9 Å². The Labute approximate surface area is 144 Å². The van der Waals surface area contributed by atoms with E-state index in [-0.39, 0.29) is 0 Å². The number of hydrogen-bond acceptors (Lipinski definition) is 4. The molecule has 0 spiro atoms. The summed E-state index contributed by atoms with van der Waals surface area (Å²) < 4.78 is 45.4. The van der Waals surface area contributed by atoms with Gasteiger partial charge in [-0.15, -0.1) is 0 Å². The van der Waals surface area contributed by atoms with Crippen LogP contribution in [0.25, 0.3) is 15.8 Å². The van der Waals surface area contributed by atoms with Crippen LogP contribution in [-0.4, -0.2) is 13.5 Å². The molecule has 0 aliphatic rings. The van der Waals surface area contributed by atoms with Crippen molar-refractivity contribution in [3.8, 4) is 5.69 Å². The monoisotopic (exact) mass is 369 g/mol. The fraction of sp³-hybridized carbons (Fsp3) is 0.312. The summed E-state index contributed by atoms with van der Waals surface area (Å²) in [5.41, 5.74) is -1.02. The molecule has 25 heavy (non-hydrogen) atoms. The van der Waals surface area contributed by atoms with Gasteiger partial charge in [0.15, 0.2) is 0 Å². The van der Waals surface area contributed by atoms with Gasteiger partial charge >= 0.3 is 11.9 Å². The summed E-state index contributed by atoms with van der Waals surface area (Å²) in [5.74, 6) is 0. The van der Waals surface area contributed by atoms with E-state index in [1.165, 1.54) is 11.5 Å². The van der Waals surface area contributed by atoms with Gasteiger partial charge in [-0.2, -0.15) is 17.5 Å². The first-order valence-electron chi connectivity index (χ1n) is 7.31. The fourth-order valence-corrected chi connectivity index (χ4v) is 4.02. The van der Waals surface area contributed by atoms with E-state index in [0.29, 0.717) is 27.4 Å². The Morgan fingerprint density at radius 3 is 2.36 bits per heavy atom. The number of halogens is 3. The highest BCUT2D eigenvalue weighted by Gasteiger charge is 2.35. The molecule has 0 bridgehead atoms. The number of aryl methyl sites for hydroxylation is 3.